The molecule has 0 aromatic heterocycles. The van der Waals surface area contributed by atoms with Crippen molar-refractivity contribution in [2.45, 2.75) is 24.7 Å². The van der Waals surface area contributed by atoms with Gasteiger partial charge in [0.15, 0.2) is 0 Å². The number of hydrogen-bond donors (Lipinski definition) is 0. The summed E-state index contributed by atoms with van der Waals surface area (Å²) in [5.41, 5.74) is 11.9. The second-order valence-corrected chi connectivity index (χ2v) is 12.9. The molecule has 1 heteroatoms. The third-order valence-corrected chi connectivity index (χ3v) is 10.2. The average molecular weight is 577 g/mol. The number of para-hydroxylation sites is 1. The molecule has 7 aromatic rings. The fourth-order valence-corrected chi connectivity index (χ4v) is 8.26. The molecule has 0 saturated heterocycles. The second kappa shape index (κ2) is 9.55. The van der Waals surface area contributed by atoms with Crippen molar-refractivity contribution in [1.29, 1.82) is 0 Å². The van der Waals surface area contributed by atoms with Crippen LogP contribution in [0.4, 0.5) is 0 Å². The first-order valence-electron chi connectivity index (χ1n) is 15.8. The zero-order chi connectivity index (χ0) is 30.2. The van der Waals surface area contributed by atoms with Crippen molar-refractivity contribution in [3.63, 3.8) is 0 Å². The molecule has 1 unspecified atom stereocenters. The Morgan fingerprint density at radius 3 is 1.67 bits per heavy atom. The summed E-state index contributed by atoms with van der Waals surface area (Å²) < 4.78 is 6.61. The van der Waals surface area contributed by atoms with Gasteiger partial charge in [-0.25, -0.2) is 0 Å². The van der Waals surface area contributed by atoms with Crippen LogP contribution >= 0.6 is 0 Å². The first-order valence-corrected chi connectivity index (χ1v) is 15.8. The van der Waals surface area contributed by atoms with Gasteiger partial charge in [-0.1, -0.05) is 147 Å². The van der Waals surface area contributed by atoms with Crippen LogP contribution in [0.5, 0.6) is 11.5 Å². The lowest BCUT2D eigenvalue weighted by Crippen LogP contribution is -2.30. The lowest BCUT2D eigenvalue weighted by atomic mass is 9.64. The van der Waals surface area contributed by atoms with Crippen molar-refractivity contribution in [1.82, 2.24) is 0 Å². The lowest BCUT2D eigenvalue weighted by Gasteiger charge is -2.39. The molecule has 45 heavy (non-hydrogen) atoms. The van der Waals surface area contributed by atoms with E-state index in [0.29, 0.717) is 0 Å². The van der Waals surface area contributed by atoms with Crippen molar-refractivity contribution in [3.8, 4) is 33.8 Å². The van der Waals surface area contributed by atoms with E-state index < -0.39 is 5.41 Å². The molecule has 0 bridgehead atoms. The molecular weight excluding hydrogens is 544 g/mol. The Balaban J connectivity index is 1.41. The number of hydrogen-bond acceptors (Lipinski definition) is 1. The van der Waals surface area contributed by atoms with Gasteiger partial charge >= 0.3 is 0 Å². The standard InChI is InChI=1S/C44H32O/c1-43(2)38-24-12-13-25-40(38)45-41-26-14-21-34(42(41)43)32-19-8-10-22-36(32)44(31-17-4-3-5-18-31)37-23-11-9-20-33(37)35-27-29-15-6-7-16-30(29)28-39(35)44/h3-28H,1-2H3. The summed E-state index contributed by atoms with van der Waals surface area (Å²) >= 11 is 0. The normalized spacial score (nSPS) is 17.1. The van der Waals surface area contributed by atoms with E-state index in [2.05, 4.69) is 172 Å². The Bertz CT molecular complexity index is 2280. The minimum Gasteiger partial charge on any atom is -0.457 e. The van der Waals surface area contributed by atoms with Gasteiger partial charge in [-0.2, -0.15) is 0 Å². The molecule has 1 heterocycles. The van der Waals surface area contributed by atoms with Crippen LogP contribution in [0.3, 0.4) is 0 Å². The highest BCUT2D eigenvalue weighted by atomic mass is 16.5. The van der Waals surface area contributed by atoms with E-state index >= 15 is 0 Å². The first-order chi connectivity index (χ1) is 22.1. The molecule has 0 N–H and O–H groups in total. The van der Waals surface area contributed by atoms with Gasteiger partial charge in [-0.05, 0) is 79.5 Å². The highest BCUT2D eigenvalue weighted by Gasteiger charge is 2.48. The predicted octanol–water partition coefficient (Wildman–Crippen LogP) is 11.3. The van der Waals surface area contributed by atoms with Gasteiger partial charge in [0.05, 0.1) is 5.41 Å². The van der Waals surface area contributed by atoms with Gasteiger partial charge in [0, 0.05) is 16.5 Å². The van der Waals surface area contributed by atoms with Crippen LogP contribution in [-0.4, -0.2) is 0 Å². The summed E-state index contributed by atoms with van der Waals surface area (Å²) in [4.78, 5) is 0. The molecular formula is C44H32O. The van der Waals surface area contributed by atoms with Crippen molar-refractivity contribution in [2.75, 3.05) is 0 Å². The molecule has 0 fully saturated rings. The minimum atomic E-state index is -0.520. The second-order valence-electron chi connectivity index (χ2n) is 12.9. The Hall–Kier alpha value is -5.40. The zero-order valence-corrected chi connectivity index (χ0v) is 25.4. The van der Waals surface area contributed by atoms with Crippen LogP contribution in [0.25, 0.3) is 33.0 Å². The fourth-order valence-electron chi connectivity index (χ4n) is 8.26. The fraction of sp³-hybridized carbons (Fsp3) is 0.0909. The van der Waals surface area contributed by atoms with Gasteiger partial charge in [0.25, 0.3) is 0 Å². The SMILES string of the molecule is CC1(C)c2ccccc2Oc2cccc(-c3ccccc3C3(c4ccccc4)c4ccccc4-c4cc5ccccc5cc43)c21. The molecule has 2 aliphatic rings. The maximum Gasteiger partial charge on any atom is 0.132 e. The Labute approximate surface area is 264 Å². The lowest BCUT2D eigenvalue weighted by molar-refractivity contribution is 0.419. The molecule has 1 aliphatic carbocycles. The van der Waals surface area contributed by atoms with Crippen molar-refractivity contribution < 1.29 is 4.74 Å². The van der Waals surface area contributed by atoms with Gasteiger partial charge in [-0.3, -0.25) is 0 Å². The molecule has 7 aromatic carbocycles. The van der Waals surface area contributed by atoms with Crippen molar-refractivity contribution in [3.05, 3.63) is 191 Å². The number of fused-ring (bicyclic) bond motifs is 6. The Kier molecular flexibility index (Phi) is 5.53. The third kappa shape index (κ3) is 3.56. The summed E-state index contributed by atoms with van der Waals surface area (Å²) in [5.74, 6) is 1.87. The molecule has 0 amide bonds. The maximum atomic E-state index is 6.61. The zero-order valence-electron chi connectivity index (χ0n) is 25.4. The van der Waals surface area contributed by atoms with Crippen LogP contribution in [0.1, 0.15) is 47.2 Å². The topological polar surface area (TPSA) is 9.23 Å². The minimum absolute atomic E-state index is 0.254. The molecule has 0 spiro atoms. The maximum absolute atomic E-state index is 6.61. The van der Waals surface area contributed by atoms with Gasteiger partial charge in [-0.15, -0.1) is 0 Å². The molecule has 1 atom stereocenters. The van der Waals surface area contributed by atoms with Crippen LogP contribution in [-0.2, 0) is 10.8 Å². The Morgan fingerprint density at radius 2 is 0.933 bits per heavy atom. The molecule has 0 radical (unpaired) electrons. The predicted molar refractivity (Wildman–Crippen MR) is 185 cm³/mol. The van der Waals surface area contributed by atoms with Crippen molar-refractivity contribution >= 4 is 10.8 Å². The molecule has 9 rings (SSSR count). The largest absolute Gasteiger partial charge is 0.457 e. The molecule has 1 nitrogen and oxygen atoms in total. The van der Waals surface area contributed by atoms with Crippen LogP contribution in [0, 0.1) is 0 Å². The van der Waals surface area contributed by atoms with E-state index in [0.717, 1.165) is 11.5 Å². The monoisotopic (exact) mass is 576 g/mol. The number of benzene rings is 7. The summed E-state index contributed by atoms with van der Waals surface area (Å²) in [6.07, 6.45) is 0. The summed E-state index contributed by atoms with van der Waals surface area (Å²) in [6, 6.07) is 57.8. The first kappa shape index (κ1) is 26.0. The highest BCUT2D eigenvalue weighted by Crippen LogP contribution is 2.59. The Morgan fingerprint density at radius 1 is 0.400 bits per heavy atom. The highest BCUT2D eigenvalue weighted by molar-refractivity contribution is 5.97. The van der Waals surface area contributed by atoms with Crippen LogP contribution in [0.15, 0.2) is 158 Å². The van der Waals surface area contributed by atoms with E-state index in [1.54, 1.807) is 0 Å². The number of rotatable bonds is 3. The van der Waals surface area contributed by atoms with E-state index in [4.69, 9.17) is 4.74 Å². The van der Waals surface area contributed by atoms with Gasteiger partial charge < -0.3 is 4.74 Å². The van der Waals surface area contributed by atoms with Crippen LogP contribution in [0.2, 0.25) is 0 Å². The quantitative estimate of drug-likeness (QED) is 0.203. The van der Waals surface area contributed by atoms with Gasteiger partial charge in [0.2, 0.25) is 0 Å². The van der Waals surface area contributed by atoms with Crippen LogP contribution < -0.4 is 4.74 Å². The van der Waals surface area contributed by atoms with Gasteiger partial charge in [0.1, 0.15) is 11.5 Å². The molecule has 1 aliphatic heterocycles. The molecule has 214 valence electrons. The molecule has 0 saturated carbocycles. The average Bonchev–Trinajstić information content (AvgIpc) is 3.37. The number of ether oxygens (including phenoxy) is 1. The van der Waals surface area contributed by atoms with E-state index in [9.17, 15) is 0 Å². The summed E-state index contributed by atoms with van der Waals surface area (Å²) in [5, 5.41) is 2.52. The third-order valence-electron chi connectivity index (χ3n) is 10.2. The smallest absolute Gasteiger partial charge is 0.132 e. The van der Waals surface area contributed by atoms with E-state index in [1.807, 2.05) is 0 Å². The summed E-state index contributed by atoms with van der Waals surface area (Å²) in [6.45, 7) is 4.66. The van der Waals surface area contributed by atoms with Crippen molar-refractivity contribution in [2.24, 2.45) is 0 Å². The summed E-state index contributed by atoms with van der Waals surface area (Å²) in [7, 11) is 0. The van der Waals surface area contributed by atoms with E-state index in [1.165, 1.54) is 66.4 Å². The van der Waals surface area contributed by atoms with E-state index in [-0.39, 0.29) is 5.41 Å².